The number of nitrogens with one attached hydrogen (secondary N) is 2. The summed E-state index contributed by atoms with van der Waals surface area (Å²) >= 11 is 1.89. The lowest BCUT2D eigenvalue weighted by molar-refractivity contribution is -0.120. The highest BCUT2D eigenvalue weighted by atomic mass is 32.2. The molecule has 0 aromatic rings. The molecule has 4 heteroatoms. The van der Waals surface area contributed by atoms with E-state index >= 15 is 0 Å². The van der Waals surface area contributed by atoms with Crippen LogP contribution in [0.25, 0.3) is 0 Å². The van der Waals surface area contributed by atoms with Gasteiger partial charge in [0.25, 0.3) is 0 Å². The first-order valence-corrected chi connectivity index (χ1v) is 7.21. The number of carbonyl (C=O) groups excluding carboxylic acids is 1. The van der Waals surface area contributed by atoms with Crippen molar-refractivity contribution in [3.05, 3.63) is 0 Å². The van der Waals surface area contributed by atoms with Crippen molar-refractivity contribution in [2.45, 2.75) is 38.1 Å². The average molecular weight is 230 g/mol. The van der Waals surface area contributed by atoms with Crippen molar-refractivity contribution in [2.24, 2.45) is 0 Å². The molecule has 0 spiro atoms. The number of amides is 1. The predicted octanol–water partition coefficient (Wildman–Crippen LogP) is 1.39. The molecule has 1 aliphatic rings. The number of rotatable bonds is 9. The summed E-state index contributed by atoms with van der Waals surface area (Å²) in [6.45, 7) is 1.33. The van der Waals surface area contributed by atoms with Crippen LogP contribution < -0.4 is 10.6 Å². The van der Waals surface area contributed by atoms with Crippen LogP contribution >= 0.6 is 11.8 Å². The molecule has 1 amide bonds. The Morgan fingerprint density at radius 2 is 2.13 bits per heavy atom. The van der Waals surface area contributed by atoms with Gasteiger partial charge in [0.2, 0.25) is 5.91 Å². The van der Waals surface area contributed by atoms with Crippen molar-refractivity contribution >= 4 is 17.7 Å². The summed E-state index contributed by atoms with van der Waals surface area (Å²) in [5.74, 6) is 1.38. The highest BCUT2D eigenvalue weighted by molar-refractivity contribution is 7.98. The van der Waals surface area contributed by atoms with Crippen LogP contribution in [0.4, 0.5) is 0 Å². The van der Waals surface area contributed by atoms with Crippen LogP contribution in [0.5, 0.6) is 0 Å². The van der Waals surface area contributed by atoms with E-state index in [-0.39, 0.29) is 5.91 Å². The van der Waals surface area contributed by atoms with Gasteiger partial charge in [-0.15, -0.1) is 0 Å². The molecule has 1 rings (SSSR count). The second-order valence-electron chi connectivity index (χ2n) is 4.06. The van der Waals surface area contributed by atoms with E-state index in [1.807, 2.05) is 11.8 Å². The molecule has 0 radical (unpaired) electrons. The summed E-state index contributed by atoms with van der Waals surface area (Å²) in [5, 5.41) is 6.14. The third kappa shape index (κ3) is 7.68. The Kier molecular flexibility index (Phi) is 6.85. The van der Waals surface area contributed by atoms with Crippen molar-refractivity contribution in [1.29, 1.82) is 0 Å². The fourth-order valence-electron chi connectivity index (χ4n) is 1.36. The first-order chi connectivity index (χ1) is 7.33. The molecule has 15 heavy (non-hydrogen) atoms. The van der Waals surface area contributed by atoms with Crippen LogP contribution in [-0.4, -0.2) is 37.0 Å². The Morgan fingerprint density at radius 1 is 1.33 bits per heavy atom. The molecule has 3 nitrogen and oxygen atoms in total. The molecule has 1 saturated carbocycles. The van der Waals surface area contributed by atoms with Crippen molar-refractivity contribution in [2.75, 3.05) is 25.1 Å². The summed E-state index contributed by atoms with van der Waals surface area (Å²) < 4.78 is 0. The van der Waals surface area contributed by atoms with Gasteiger partial charge in [0.1, 0.15) is 0 Å². The number of hydrogen-bond acceptors (Lipinski definition) is 3. The number of unbranched alkanes of at least 4 members (excludes halogenated alkanes) is 2. The van der Waals surface area contributed by atoms with Gasteiger partial charge in [0.05, 0.1) is 6.54 Å². The van der Waals surface area contributed by atoms with Crippen LogP contribution in [-0.2, 0) is 4.79 Å². The van der Waals surface area contributed by atoms with Gasteiger partial charge in [-0.05, 0) is 37.7 Å². The summed E-state index contributed by atoms with van der Waals surface area (Å²) in [5.41, 5.74) is 0. The zero-order valence-electron chi connectivity index (χ0n) is 9.55. The standard InChI is InChI=1S/C11H22N2OS/c1-15-8-4-2-3-7-12-11(14)9-13-10-5-6-10/h10,13H,2-9H2,1H3,(H,12,14). The van der Waals surface area contributed by atoms with Crippen LogP contribution in [0, 0.1) is 0 Å². The van der Waals surface area contributed by atoms with Crippen molar-refractivity contribution < 1.29 is 4.79 Å². The van der Waals surface area contributed by atoms with E-state index in [0.717, 1.165) is 13.0 Å². The molecule has 0 heterocycles. The number of thioether (sulfide) groups is 1. The van der Waals surface area contributed by atoms with Gasteiger partial charge in [0.15, 0.2) is 0 Å². The largest absolute Gasteiger partial charge is 0.355 e. The number of carbonyl (C=O) groups is 1. The topological polar surface area (TPSA) is 41.1 Å². The molecule has 1 aliphatic carbocycles. The Balaban J connectivity index is 1.79. The van der Waals surface area contributed by atoms with Gasteiger partial charge >= 0.3 is 0 Å². The molecule has 88 valence electrons. The predicted molar refractivity (Wildman–Crippen MR) is 66.3 cm³/mol. The third-order valence-electron chi connectivity index (χ3n) is 2.48. The maximum atomic E-state index is 11.3. The van der Waals surface area contributed by atoms with Gasteiger partial charge in [-0.25, -0.2) is 0 Å². The quantitative estimate of drug-likeness (QED) is 0.588. The van der Waals surface area contributed by atoms with Crippen LogP contribution in [0.3, 0.4) is 0 Å². The lowest BCUT2D eigenvalue weighted by Crippen LogP contribution is -2.35. The SMILES string of the molecule is CSCCCCCNC(=O)CNC1CC1. The monoisotopic (exact) mass is 230 g/mol. The van der Waals surface area contributed by atoms with E-state index in [9.17, 15) is 4.79 Å². The Morgan fingerprint density at radius 3 is 2.80 bits per heavy atom. The van der Waals surface area contributed by atoms with E-state index in [0.29, 0.717) is 12.6 Å². The Labute approximate surface area is 96.8 Å². The Hall–Kier alpha value is -0.220. The molecule has 0 atom stereocenters. The average Bonchev–Trinajstić information content (AvgIpc) is 3.04. The fraction of sp³-hybridized carbons (Fsp3) is 0.909. The van der Waals surface area contributed by atoms with Crippen LogP contribution in [0.1, 0.15) is 32.1 Å². The van der Waals surface area contributed by atoms with Crippen LogP contribution in [0.2, 0.25) is 0 Å². The van der Waals surface area contributed by atoms with E-state index in [4.69, 9.17) is 0 Å². The van der Waals surface area contributed by atoms with Crippen molar-refractivity contribution in [3.8, 4) is 0 Å². The van der Waals surface area contributed by atoms with E-state index in [1.54, 1.807) is 0 Å². The molecule has 0 aliphatic heterocycles. The molecule has 0 unspecified atom stereocenters. The normalized spacial score (nSPS) is 15.3. The molecule has 0 bridgehead atoms. The summed E-state index contributed by atoms with van der Waals surface area (Å²) in [6, 6.07) is 0.623. The zero-order valence-corrected chi connectivity index (χ0v) is 10.4. The van der Waals surface area contributed by atoms with E-state index < -0.39 is 0 Å². The molecule has 0 aromatic carbocycles. The van der Waals surface area contributed by atoms with E-state index in [1.165, 1.54) is 31.4 Å². The van der Waals surface area contributed by atoms with Gasteiger partial charge in [-0.2, -0.15) is 11.8 Å². The Bertz CT molecular complexity index is 183. The highest BCUT2D eigenvalue weighted by Crippen LogP contribution is 2.17. The third-order valence-corrected chi connectivity index (χ3v) is 3.17. The minimum absolute atomic E-state index is 0.145. The van der Waals surface area contributed by atoms with Gasteiger partial charge in [0, 0.05) is 12.6 Å². The van der Waals surface area contributed by atoms with Gasteiger partial charge < -0.3 is 10.6 Å². The van der Waals surface area contributed by atoms with Crippen LogP contribution in [0.15, 0.2) is 0 Å². The molecular weight excluding hydrogens is 208 g/mol. The zero-order chi connectivity index (χ0) is 10.9. The van der Waals surface area contributed by atoms with Crippen molar-refractivity contribution in [3.63, 3.8) is 0 Å². The first-order valence-electron chi connectivity index (χ1n) is 5.82. The van der Waals surface area contributed by atoms with Gasteiger partial charge in [-0.3, -0.25) is 4.79 Å². The molecular formula is C11H22N2OS. The molecule has 1 fully saturated rings. The molecule has 2 N–H and O–H groups in total. The molecule has 0 saturated heterocycles. The maximum Gasteiger partial charge on any atom is 0.233 e. The summed E-state index contributed by atoms with van der Waals surface area (Å²) in [6.07, 6.45) is 8.19. The summed E-state index contributed by atoms with van der Waals surface area (Å²) in [4.78, 5) is 11.3. The van der Waals surface area contributed by atoms with E-state index in [2.05, 4.69) is 16.9 Å². The lowest BCUT2D eigenvalue weighted by atomic mass is 10.2. The summed E-state index contributed by atoms with van der Waals surface area (Å²) in [7, 11) is 0. The first kappa shape index (κ1) is 12.8. The number of hydrogen-bond donors (Lipinski definition) is 2. The fourth-order valence-corrected chi connectivity index (χ4v) is 1.86. The van der Waals surface area contributed by atoms with Gasteiger partial charge in [-0.1, -0.05) is 6.42 Å². The second-order valence-corrected chi connectivity index (χ2v) is 5.04. The highest BCUT2D eigenvalue weighted by Gasteiger charge is 2.20. The second kappa shape index (κ2) is 7.99. The van der Waals surface area contributed by atoms with Crippen molar-refractivity contribution in [1.82, 2.24) is 10.6 Å². The smallest absolute Gasteiger partial charge is 0.233 e. The minimum Gasteiger partial charge on any atom is -0.355 e. The molecule has 0 aromatic heterocycles. The lowest BCUT2D eigenvalue weighted by Gasteiger charge is -2.05. The maximum absolute atomic E-state index is 11.3. The minimum atomic E-state index is 0.145.